The summed E-state index contributed by atoms with van der Waals surface area (Å²) in [6, 6.07) is 0.754. The highest BCUT2D eigenvalue weighted by atomic mass is 28.4. The number of nitrogens with two attached hydrogens (primary N) is 3. The van der Waals surface area contributed by atoms with Crippen LogP contribution in [0.2, 0.25) is 6.04 Å². The number of alkyl halides is 3. The van der Waals surface area contributed by atoms with Gasteiger partial charge in [-0.2, -0.15) is 13.2 Å². The number of unbranched alkanes of at least 4 members (excludes halogenated alkanes) is 8. The monoisotopic (exact) mass is 299 g/mol. The lowest BCUT2D eigenvalue weighted by Crippen LogP contribution is -2.64. The van der Waals surface area contributed by atoms with Gasteiger partial charge >= 0.3 is 6.18 Å². The van der Waals surface area contributed by atoms with Gasteiger partial charge in [0, 0.05) is 6.42 Å². The van der Waals surface area contributed by atoms with Crippen LogP contribution in [-0.4, -0.2) is 14.7 Å². The molecule has 0 aliphatic rings. The Kier molecular flexibility index (Phi) is 9.68. The number of hydrogen-bond donors (Lipinski definition) is 3. The lowest BCUT2D eigenvalue weighted by Gasteiger charge is -2.13. The summed E-state index contributed by atoms with van der Waals surface area (Å²) < 4.78 is 35.6. The van der Waals surface area contributed by atoms with E-state index in [9.17, 15) is 13.2 Å². The van der Waals surface area contributed by atoms with Gasteiger partial charge in [0.25, 0.3) is 8.56 Å². The number of rotatable bonds is 11. The highest BCUT2D eigenvalue weighted by Gasteiger charge is 2.25. The van der Waals surface area contributed by atoms with Crippen LogP contribution < -0.4 is 16.2 Å². The van der Waals surface area contributed by atoms with Crippen molar-refractivity contribution in [3.63, 3.8) is 0 Å². The Balaban J connectivity index is 3.12. The summed E-state index contributed by atoms with van der Waals surface area (Å²) >= 11 is 0. The lowest BCUT2D eigenvalue weighted by atomic mass is 10.1. The van der Waals surface area contributed by atoms with E-state index in [0.717, 1.165) is 51.0 Å². The summed E-state index contributed by atoms with van der Waals surface area (Å²) in [6.07, 6.45) is 3.69. The molecule has 3 nitrogen and oxygen atoms in total. The van der Waals surface area contributed by atoms with Gasteiger partial charge in [-0.15, -0.1) is 0 Å². The average molecular weight is 299 g/mol. The van der Waals surface area contributed by atoms with Gasteiger partial charge in [-0.3, -0.25) is 0 Å². The molecular weight excluding hydrogens is 271 g/mol. The van der Waals surface area contributed by atoms with Crippen molar-refractivity contribution in [2.75, 3.05) is 0 Å². The van der Waals surface area contributed by atoms with E-state index in [-0.39, 0.29) is 6.42 Å². The van der Waals surface area contributed by atoms with E-state index in [4.69, 9.17) is 16.2 Å². The van der Waals surface area contributed by atoms with Crippen LogP contribution in [0.1, 0.15) is 64.2 Å². The molecule has 7 heteroatoms. The standard InChI is InChI=1S/C12H28F3N3Si/c13-12(14,15)10-8-6-4-2-1-3-5-7-9-11-19(16,17)18/h1-11,16-18H2. The van der Waals surface area contributed by atoms with E-state index < -0.39 is 21.2 Å². The van der Waals surface area contributed by atoms with Crippen LogP contribution in [-0.2, 0) is 0 Å². The minimum Gasteiger partial charge on any atom is -0.327 e. The molecule has 6 N–H and O–H groups in total. The third-order valence-electron chi connectivity index (χ3n) is 3.07. The van der Waals surface area contributed by atoms with Crippen molar-refractivity contribution in [1.29, 1.82) is 0 Å². The molecule has 0 aliphatic carbocycles. The summed E-state index contributed by atoms with van der Waals surface area (Å²) in [6.45, 7) is 0. The predicted molar refractivity (Wildman–Crippen MR) is 75.3 cm³/mol. The van der Waals surface area contributed by atoms with Gasteiger partial charge in [0.2, 0.25) is 0 Å². The Morgan fingerprint density at radius 2 is 1.00 bits per heavy atom. The minimum atomic E-state index is -3.99. The van der Waals surface area contributed by atoms with Crippen molar-refractivity contribution >= 4 is 8.56 Å². The molecule has 116 valence electrons. The fourth-order valence-corrected chi connectivity index (χ4v) is 2.86. The van der Waals surface area contributed by atoms with E-state index in [1.165, 1.54) is 0 Å². The average Bonchev–Trinajstić information content (AvgIpc) is 2.22. The van der Waals surface area contributed by atoms with Gasteiger partial charge in [-0.25, -0.2) is 0 Å². The van der Waals surface area contributed by atoms with Gasteiger partial charge in [-0.05, 0) is 12.5 Å². The molecule has 0 rings (SSSR count). The predicted octanol–water partition coefficient (Wildman–Crippen LogP) is 3.26. The molecule has 19 heavy (non-hydrogen) atoms. The lowest BCUT2D eigenvalue weighted by molar-refractivity contribution is -0.135. The van der Waals surface area contributed by atoms with Crippen LogP contribution in [0.3, 0.4) is 0 Å². The molecule has 0 saturated heterocycles. The van der Waals surface area contributed by atoms with E-state index in [0.29, 0.717) is 6.42 Å². The summed E-state index contributed by atoms with van der Waals surface area (Å²) in [5.41, 5.74) is 0. The van der Waals surface area contributed by atoms with E-state index in [1.807, 2.05) is 0 Å². The van der Waals surface area contributed by atoms with E-state index >= 15 is 0 Å². The summed E-state index contributed by atoms with van der Waals surface area (Å²) in [5, 5.41) is 16.8. The molecular formula is C12H28F3N3Si. The highest BCUT2D eigenvalue weighted by Crippen LogP contribution is 2.23. The third kappa shape index (κ3) is 17.9. The Morgan fingerprint density at radius 1 is 0.632 bits per heavy atom. The Morgan fingerprint density at radius 3 is 1.37 bits per heavy atom. The molecule has 0 unspecified atom stereocenters. The van der Waals surface area contributed by atoms with Crippen LogP contribution in [0.15, 0.2) is 0 Å². The molecule has 0 amide bonds. The second kappa shape index (κ2) is 9.74. The van der Waals surface area contributed by atoms with Gasteiger partial charge in [0.15, 0.2) is 0 Å². The van der Waals surface area contributed by atoms with Crippen LogP contribution in [0.25, 0.3) is 0 Å². The number of halogens is 3. The normalized spacial score (nSPS) is 12.9. The van der Waals surface area contributed by atoms with Crippen molar-refractivity contribution in [3.05, 3.63) is 0 Å². The topological polar surface area (TPSA) is 78.1 Å². The fraction of sp³-hybridized carbons (Fsp3) is 1.00. The largest absolute Gasteiger partial charge is 0.389 e. The molecule has 0 aliphatic heterocycles. The van der Waals surface area contributed by atoms with Gasteiger partial charge in [0.05, 0.1) is 0 Å². The van der Waals surface area contributed by atoms with Crippen molar-refractivity contribution in [1.82, 2.24) is 0 Å². The quantitative estimate of drug-likeness (QED) is 0.405. The van der Waals surface area contributed by atoms with Gasteiger partial charge in [-0.1, -0.05) is 51.4 Å². The van der Waals surface area contributed by atoms with Crippen molar-refractivity contribution in [2.45, 2.75) is 76.4 Å². The van der Waals surface area contributed by atoms with Crippen LogP contribution in [0.4, 0.5) is 13.2 Å². The van der Waals surface area contributed by atoms with E-state index in [2.05, 4.69) is 0 Å². The van der Waals surface area contributed by atoms with Crippen molar-refractivity contribution in [2.24, 2.45) is 16.2 Å². The number of hydrogen-bond acceptors (Lipinski definition) is 3. The zero-order valence-corrected chi connectivity index (χ0v) is 12.6. The van der Waals surface area contributed by atoms with Crippen molar-refractivity contribution < 1.29 is 13.2 Å². The maximum absolute atomic E-state index is 11.9. The molecule has 0 bridgehead atoms. The molecule has 0 aromatic rings. The summed E-state index contributed by atoms with van der Waals surface area (Å²) in [7, 11) is -2.35. The molecule has 0 saturated carbocycles. The Labute approximate surface area is 115 Å². The molecule has 0 atom stereocenters. The Bertz CT molecular complexity index is 195. The van der Waals surface area contributed by atoms with Gasteiger partial charge in [0.1, 0.15) is 0 Å². The zero-order valence-electron chi connectivity index (χ0n) is 11.6. The molecule has 0 radical (unpaired) electrons. The van der Waals surface area contributed by atoms with Gasteiger partial charge < -0.3 is 16.2 Å². The second-order valence-corrected chi connectivity index (χ2v) is 8.13. The molecule has 0 fully saturated rings. The first kappa shape index (κ1) is 18.9. The molecule has 0 aromatic carbocycles. The summed E-state index contributed by atoms with van der Waals surface area (Å²) in [5.74, 6) is 0. The van der Waals surface area contributed by atoms with Crippen molar-refractivity contribution in [3.8, 4) is 0 Å². The Hall–Kier alpha value is -0.113. The zero-order chi connectivity index (χ0) is 14.8. The fourth-order valence-electron chi connectivity index (χ4n) is 1.99. The smallest absolute Gasteiger partial charge is 0.327 e. The second-order valence-electron chi connectivity index (χ2n) is 5.41. The SMILES string of the molecule is N[Si](N)(N)CCCCCCCCCCCC(F)(F)F. The highest BCUT2D eigenvalue weighted by molar-refractivity contribution is 6.70. The molecule has 0 aromatic heterocycles. The molecule has 0 heterocycles. The first-order chi connectivity index (χ1) is 8.71. The first-order valence-electron chi connectivity index (χ1n) is 7.14. The minimum absolute atomic E-state index is 0.264. The van der Waals surface area contributed by atoms with Crippen LogP contribution in [0, 0.1) is 0 Å². The summed E-state index contributed by atoms with van der Waals surface area (Å²) in [4.78, 5) is 0. The third-order valence-corrected chi connectivity index (χ3v) is 4.29. The van der Waals surface area contributed by atoms with Crippen LogP contribution >= 0.6 is 0 Å². The maximum Gasteiger partial charge on any atom is 0.389 e. The maximum atomic E-state index is 11.9. The van der Waals surface area contributed by atoms with Crippen LogP contribution in [0.5, 0.6) is 0 Å². The first-order valence-corrected chi connectivity index (χ1v) is 9.58. The molecule has 0 spiro atoms. The van der Waals surface area contributed by atoms with E-state index in [1.54, 1.807) is 0 Å².